The number of hydrogen-bond acceptors (Lipinski definition) is 2. The molecule has 0 heterocycles. The predicted octanol–water partition coefficient (Wildman–Crippen LogP) is -0.328. The van der Waals surface area contributed by atoms with Gasteiger partial charge in [-0.1, -0.05) is 19.8 Å². The maximum absolute atomic E-state index is 10.1. The lowest BCUT2D eigenvalue weighted by atomic mass is 10.1. The largest absolute Gasteiger partial charge is 0.480 e. The van der Waals surface area contributed by atoms with Gasteiger partial charge in [0.1, 0.15) is 6.04 Å². The smallest absolute Gasteiger partial charge is 0.320 e. The molecule has 3 nitrogen and oxygen atoms in total. The summed E-state index contributed by atoms with van der Waals surface area (Å²) in [6, 6.07) is -0.662. The van der Waals surface area contributed by atoms with Gasteiger partial charge in [-0.25, -0.2) is 0 Å². The van der Waals surface area contributed by atoms with E-state index in [1.165, 1.54) is 0 Å². The Labute approximate surface area is 77.1 Å². The standard InChI is InChI=1S/C6H13NO2.Mg.2H/c1-2-3-4-5(7)6(8)9;;;/h5H,2-4,7H2,1H3,(H,8,9);;;. The number of aliphatic carboxylic acids is 1. The molecule has 0 fully saturated rings. The molecule has 0 spiro atoms. The van der Waals surface area contributed by atoms with Gasteiger partial charge in [0.2, 0.25) is 0 Å². The summed E-state index contributed by atoms with van der Waals surface area (Å²) in [5, 5.41) is 8.28. The Morgan fingerprint density at radius 3 is 2.50 bits per heavy atom. The van der Waals surface area contributed by atoms with Gasteiger partial charge in [0.15, 0.2) is 0 Å². The van der Waals surface area contributed by atoms with Crippen LogP contribution in [0.1, 0.15) is 26.2 Å². The highest BCUT2D eigenvalue weighted by Gasteiger charge is 2.08. The van der Waals surface area contributed by atoms with Crippen molar-refractivity contribution in [2.75, 3.05) is 0 Å². The molecule has 0 aliphatic carbocycles. The van der Waals surface area contributed by atoms with E-state index < -0.39 is 12.0 Å². The van der Waals surface area contributed by atoms with Gasteiger partial charge in [0, 0.05) is 0 Å². The molecule has 0 aromatic heterocycles. The summed E-state index contributed by atoms with van der Waals surface area (Å²) in [6.45, 7) is 2.01. The molecule has 0 aliphatic heterocycles. The summed E-state index contributed by atoms with van der Waals surface area (Å²) in [4.78, 5) is 10.1. The van der Waals surface area contributed by atoms with Crippen LogP contribution in [0, 0.1) is 0 Å². The van der Waals surface area contributed by atoms with Gasteiger partial charge in [-0.15, -0.1) is 0 Å². The monoisotopic (exact) mass is 157 g/mol. The van der Waals surface area contributed by atoms with E-state index in [0.29, 0.717) is 6.42 Å². The maximum Gasteiger partial charge on any atom is 0.320 e. The molecule has 1 atom stereocenters. The molecule has 10 heavy (non-hydrogen) atoms. The third kappa shape index (κ3) is 6.32. The van der Waals surface area contributed by atoms with Gasteiger partial charge >= 0.3 is 29.0 Å². The van der Waals surface area contributed by atoms with Gasteiger partial charge in [-0.2, -0.15) is 0 Å². The molecule has 1 unspecified atom stereocenters. The molecule has 0 bridgehead atoms. The molecule has 3 N–H and O–H groups in total. The zero-order valence-electron chi connectivity index (χ0n) is 5.63. The topological polar surface area (TPSA) is 63.3 Å². The first kappa shape index (κ1) is 12.8. The van der Waals surface area contributed by atoms with E-state index in [1.807, 2.05) is 6.92 Å². The summed E-state index contributed by atoms with van der Waals surface area (Å²) >= 11 is 0. The summed E-state index contributed by atoms with van der Waals surface area (Å²) < 4.78 is 0. The van der Waals surface area contributed by atoms with Crippen LogP contribution in [0.5, 0.6) is 0 Å². The van der Waals surface area contributed by atoms with Crippen molar-refractivity contribution in [3.8, 4) is 0 Å². The van der Waals surface area contributed by atoms with Gasteiger partial charge in [-0.3, -0.25) is 4.79 Å². The number of carbonyl (C=O) groups is 1. The van der Waals surface area contributed by atoms with Crippen molar-refractivity contribution in [3.63, 3.8) is 0 Å². The van der Waals surface area contributed by atoms with Crippen molar-refractivity contribution in [3.05, 3.63) is 0 Å². The second-order valence-electron chi connectivity index (χ2n) is 2.09. The van der Waals surface area contributed by atoms with Crippen LogP contribution in [-0.2, 0) is 4.79 Å². The highest BCUT2D eigenvalue weighted by atomic mass is 24.3. The molecule has 0 rings (SSSR count). The molecule has 0 saturated heterocycles. The van der Waals surface area contributed by atoms with Crippen LogP contribution in [-0.4, -0.2) is 40.2 Å². The summed E-state index contributed by atoms with van der Waals surface area (Å²) in [6.07, 6.45) is 2.49. The van der Waals surface area contributed by atoms with Crippen LogP contribution in [0.3, 0.4) is 0 Å². The molecular formula is C6H15MgNO2. The average Bonchev–Trinajstić information content (AvgIpc) is 1.82. The summed E-state index contributed by atoms with van der Waals surface area (Å²) in [5.41, 5.74) is 5.20. The van der Waals surface area contributed by atoms with Crippen molar-refractivity contribution in [2.45, 2.75) is 32.2 Å². The second kappa shape index (κ2) is 7.30. The molecular weight excluding hydrogens is 142 g/mol. The van der Waals surface area contributed by atoms with Gasteiger partial charge in [0.25, 0.3) is 0 Å². The molecule has 0 amide bonds. The van der Waals surface area contributed by atoms with Crippen LogP contribution in [0.2, 0.25) is 0 Å². The Bertz CT molecular complexity index is 97.7. The fraction of sp³-hybridized carbons (Fsp3) is 0.833. The molecule has 0 aromatic rings. The van der Waals surface area contributed by atoms with Crippen LogP contribution >= 0.6 is 0 Å². The number of rotatable bonds is 4. The Morgan fingerprint density at radius 2 is 2.20 bits per heavy atom. The Balaban J connectivity index is 0. The van der Waals surface area contributed by atoms with Crippen molar-refractivity contribution >= 4 is 29.0 Å². The van der Waals surface area contributed by atoms with Crippen LogP contribution in [0.4, 0.5) is 0 Å². The van der Waals surface area contributed by atoms with E-state index in [2.05, 4.69) is 0 Å². The number of hydrogen-bond donors (Lipinski definition) is 2. The fourth-order valence-electron chi connectivity index (χ4n) is 0.548. The highest BCUT2D eigenvalue weighted by Crippen LogP contribution is 1.96. The van der Waals surface area contributed by atoms with Crippen molar-refractivity contribution < 1.29 is 9.90 Å². The number of unbranched alkanes of at least 4 members (excludes halogenated alkanes) is 1. The maximum atomic E-state index is 10.1. The Kier molecular flexibility index (Phi) is 9.38. The fourth-order valence-corrected chi connectivity index (χ4v) is 0.548. The number of carboxylic acids is 1. The molecule has 0 aromatic carbocycles. The molecule has 0 radical (unpaired) electrons. The van der Waals surface area contributed by atoms with Crippen LogP contribution in [0.15, 0.2) is 0 Å². The number of nitrogens with two attached hydrogens (primary N) is 1. The van der Waals surface area contributed by atoms with Crippen molar-refractivity contribution in [1.82, 2.24) is 0 Å². The van der Waals surface area contributed by atoms with E-state index in [0.717, 1.165) is 12.8 Å². The van der Waals surface area contributed by atoms with Crippen molar-refractivity contribution in [1.29, 1.82) is 0 Å². The first-order valence-corrected chi connectivity index (χ1v) is 3.17. The van der Waals surface area contributed by atoms with E-state index in [-0.39, 0.29) is 23.1 Å². The van der Waals surface area contributed by atoms with E-state index in [1.54, 1.807) is 0 Å². The van der Waals surface area contributed by atoms with E-state index in [9.17, 15) is 4.79 Å². The van der Waals surface area contributed by atoms with Crippen LogP contribution in [0.25, 0.3) is 0 Å². The van der Waals surface area contributed by atoms with E-state index in [4.69, 9.17) is 10.8 Å². The Hall–Kier alpha value is 0.196. The lowest BCUT2D eigenvalue weighted by Gasteiger charge is -2.02. The Morgan fingerprint density at radius 1 is 1.70 bits per heavy atom. The number of carboxylic acid groups (broad SMARTS) is 1. The summed E-state index contributed by atoms with van der Waals surface area (Å²) in [5.74, 6) is -0.900. The van der Waals surface area contributed by atoms with Gasteiger partial charge in [-0.05, 0) is 6.42 Å². The lowest BCUT2D eigenvalue weighted by molar-refractivity contribution is -0.138. The highest BCUT2D eigenvalue weighted by molar-refractivity contribution is 5.75. The van der Waals surface area contributed by atoms with E-state index >= 15 is 0 Å². The quantitative estimate of drug-likeness (QED) is 0.550. The normalized spacial score (nSPS) is 11.8. The zero-order chi connectivity index (χ0) is 7.28. The summed E-state index contributed by atoms with van der Waals surface area (Å²) in [7, 11) is 0. The molecule has 58 valence electrons. The lowest BCUT2D eigenvalue weighted by Crippen LogP contribution is -2.29. The first-order chi connectivity index (χ1) is 4.18. The molecule has 0 saturated carbocycles. The minimum absolute atomic E-state index is 0. The minimum Gasteiger partial charge on any atom is -0.480 e. The predicted molar refractivity (Wildman–Crippen MR) is 43.7 cm³/mol. The van der Waals surface area contributed by atoms with Crippen LogP contribution < -0.4 is 5.73 Å². The third-order valence-electron chi connectivity index (χ3n) is 1.19. The molecule has 0 aliphatic rings. The van der Waals surface area contributed by atoms with Gasteiger partial charge in [0.05, 0.1) is 0 Å². The molecule has 4 heteroatoms. The zero-order valence-corrected chi connectivity index (χ0v) is 5.63. The SMILES string of the molecule is CCCCC(N)C(=O)O.[MgH2]. The average molecular weight is 157 g/mol. The van der Waals surface area contributed by atoms with Gasteiger partial charge < -0.3 is 10.8 Å². The second-order valence-corrected chi connectivity index (χ2v) is 2.09. The first-order valence-electron chi connectivity index (χ1n) is 3.17. The third-order valence-corrected chi connectivity index (χ3v) is 1.19. The minimum atomic E-state index is -0.900. The van der Waals surface area contributed by atoms with Crippen molar-refractivity contribution in [2.24, 2.45) is 5.73 Å².